The molecule has 100 valence electrons. The monoisotopic (exact) mass is 256 g/mol. The molecule has 2 N–H and O–H groups in total. The third-order valence-electron chi connectivity index (χ3n) is 2.38. The first-order valence-corrected chi connectivity index (χ1v) is 5.31. The maximum Gasteiger partial charge on any atom is 0.305 e. The Morgan fingerprint density at radius 1 is 1.61 bits per heavy atom. The minimum Gasteiger partial charge on any atom is -0.481 e. The molecule has 0 aliphatic carbocycles. The van der Waals surface area contributed by atoms with Gasteiger partial charge in [-0.1, -0.05) is 0 Å². The van der Waals surface area contributed by atoms with Crippen molar-refractivity contribution in [2.45, 2.75) is 25.8 Å². The Bertz CT molecular complexity index is 442. The zero-order chi connectivity index (χ0) is 13.8. The van der Waals surface area contributed by atoms with E-state index in [4.69, 9.17) is 14.3 Å². The van der Waals surface area contributed by atoms with E-state index in [2.05, 4.69) is 10.3 Å². The van der Waals surface area contributed by atoms with E-state index in [9.17, 15) is 9.59 Å². The number of carboxylic acid groups (broad SMARTS) is 1. The number of carbonyl (C=O) groups excluding carboxylic acids is 1. The highest BCUT2D eigenvalue weighted by Gasteiger charge is 2.31. The smallest absolute Gasteiger partial charge is 0.305 e. The minimum absolute atomic E-state index is 0.0853. The molecule has 7 heteroatoms. The molecule has 1 amide bonds. The average molecular weight is 256 g/mol. The van der Waals surface area contributed by atoms with E-state index in [0.29, 0.717) is 5.76 Å². The van der Waals surface area contributed by atoms with Gasteiger partial charge in [0.05, 0.1) is 18.6 Å². The molecule has 0 aliphatic heterocycles. The van der Waals surface area contributed by atoms with Gasteiger partial charge in [0.1, 0.15) is 5.76 Å². The molecule has 0 spiro atoms. The van der Waals surface area contributed by atoms with Gasteiger partial charge < -0.3 is 19.6 Å². The molecular weight excluding hydrogens is 240 g/mol. The molecule has 1 rings (SSSR count). The van der Waals surface area contributed by atoms with Crippen LogP contribution in [-0.4, -0.2) is 41.2 Å². The number of nitrogens with zero attached hydrogens (tertiary/aromatic N) is 1. The zero-order valence-corrected chi connectivity index (χ0v) is 10.5. The van der Waals surface area contributed by atoms with E-state index in [1.807, 2.05) is 0 Å². The van der Waals surface area contributed by atoms with E-state index < -0.39 is 17.4 Å². The Labute approximate surface area is 104 Å². The predicted molar refractivity (Wildman–Crippen MR) is 61.2 cm³/mol. The van der Waals surface area contributed by atoms with Gasteiger partial charge in [-0.15, -0.1) is 0 Å². The van der Waals surface area contributed by atoms with Gasteiger partial charge in [0, 0.05) is 7.11 Å². The van der Waals surface area contributed by atoms with Crippen molar-refractivity contribution in [2.24, 2.45) is 0 Å². The average Bonchev–Trinajstić information content (AvgIpc) is 2.62. The summed E-state index contributed by atoms with van der Waals surface area (Å²) >= 11 is 0. The van der Waals surface area contributed by atoms with Crippen LogP contribution < -0.4 is 5.32 Å². The third-order valence-corrected chi connectivity index (χ3v) is 2.38. The quantitative estimate of drug-likeness (QED) is 0.772. The van der Waals surface area contributed by atoms with Crippen LogP contribution in [0.25, 0.3) is 0 Å². The highest BCUT2D eigenvalue weighted by atomic mass is 16.5. The van der Waals surface area contributed by atoms with E-state index in [1.54, 1.807) is 13.8 Å². The predicted octanol–water partition coefficient (Wildman–Crippen LogP) is 0.593. The molecule has 1 atom stereocenters. The lowest BCUT2D eigenvalue weighted by Gasteiger charge is -2.28. The summed E-state index contributed by atoms with van der Waals surface area (Å²) in [5.74, 6) is -1.13. The van der Waals surface area contributed by atoms with Gasteiger partial charge in [-0.2, -0.15) is 0 Å². The number of carboxylic acids is 1. The second-order valence-electron chi connectivity index (χ2n) is 4.28. The summed E-state index contributed by atoms with van der Waals surface area (Å²) in [5.41, 5.74) is -0.856. The lowest BCUT2D eigenvalue weighted by molar-refractivity contribution is -0.139. The standard InChI is InChI=1S/C11H16N2O5/c1-7-9(12-6-18-7)10(16)13-11(2,5-17-3)4-8(14)15/h6H,4-5H2,1-3H3,(H,13,16)(H,14,15). The number of oxazole rings is 1. The number of ether oxygens (including phenoxy) is 1. The highest BCUT2D eigenvalue weighted by molar-refractivity contribution is 5.93. The Morgan fingerprint density at radius 2 is 2.28 bits per heavy atom. The molecule has 1 unspecified atom stereocenters. The number of aromatic nitrogens is 1. The Hall–Kier alpha value is -1.89. The number of aliphatic carboxylic acids is 1. The van der Waals surface area contributed by atoms with Gasteiger partial charge in [0.2, 0.25) is 0 Å². The highest BCUT2D eigenvalue weighted by Crippen LogP contribution is 2.13. The molecule has 0 aliphatic rings. The fraction of sp³-hybridized carbons (Fsp3) is 0.545. The molecule has 18 heavy (non-hydrogen) atoms. The molecule has 0 radical (unpaired) electrons. The largest absolute Gasteiger partial charge is 0.481 e. The van der Waals surface area contributed by atoms with Crippen molar-refractivity contribution >= 4 is 11.9 Å². The molecule has 1 aromatic rings. The SMILES string of the molecule is COCC(C)(CC(=O)O)NC(=O)c1ncoc1C. The van der Waals surface area contributed by atoms with Gasteiger partial charge in [-0.25, -0.2) is 4.98 Å². The molecule has 1 aromatic heterocycles. The lowest BCUT2D eigenvalue weighted by atomic mass is 9.98. The second kappa shape index (κ2) is 5.63. The number of aryl methyl sites for hydroxylation is 1. The van der Waals surface area contributed by atoms with Crippen LogP contribution in [0.1, 0.15) is 29.6 Å². The third kappa shape index (κ3) is 3.56. The van der Waals surface area contributed by atoms with E-state index in [1.165, 1.54) is 7.11 Å². The first kappa shape index (κ1) is 14.2. The summed E-state index contributed by atoms with van der Waals surface area (Å²) in [4.78, 5) is 26.5. The van der Waals surface area contributed by atoms with Crippen LogP contribution >= 0.6 is 0 Å². The number of amides is 1. The molecule has 0 saturated heterocycles. The second-order valence-corrected chi connectivity index (χ2v) is 4.28. The van der Waals surface area contributed by atoms with Crippen LogP contribution in [0.3, 0.4) is 0 Å². The number of hydrogen-bond donors (Lipinski definition) is 2. The Morgan fingerprint density at radius 3 is 2.72 bits per heavy atom. The summed E-state index contributed by atoms with van der Waals surface area (Å²) in [6.07, 6.45) is 0.915. The molecule has 1 heterocycles. The summed E-state index contributed by atoms with van der Waals surface area (Å²) < 4.78 is 9.86. The fourth-order valence-corrected chi connectivity index (χ4v) is 1.64. The van der Waals surface area contributed by atoms with E-state index >= 15 is 0 Å². The fourth-order valence-electron chi connectivity index (χ4n) is 1.64. The normalized spacial score (nSPS) is 13.9. The van der Waals surface area contributed by atoms with Crippen molar-refractivity contribution in [1.82, 2.24) is 10.3 Å². The number of methoxy groups -OCH3 is 1. The summed E-state index contributed by atoms with van der Waals surface area (Å²) in [5, 5.41) is 11.4. The zero-order valence-electron chi connectivity index (χ0n) is 10.5. The van der Waals surface area contributed by atoms with Gasteiger partial charge in [-0.3, -0.25) is 9.59 Å². The maximum atomic E-state index is 11.9. The molecule has 0 saturated carbocycles. The maximum absolute atomic E-state index is 11.9. The van der Waals surface area contributed by atoms with Crippen molar-refractivity contribution in [2.75, 3.05) is 13.7 Å². The van der Waals surface area contributed by atoms with Crippen LogP contribution in [-0.2, 0) is 9.53 Å². The van der Waals surface area contributed by atoms with E-state index in [0.717, 1.165) is 6.39 Å². The summed E-state index contributed by atoms with van der Waals surface area (Å²) in [6.45, 7) is 3.28. The van der Waals surface area contributed by atoms with Gasteiger partial charge >= 0.3 is 5.97 Å². The number of nitrogens with one attached hydrogen (secondary N) is 1. The van der Waals surface area contributed by atoms with Crippen LogP contribution in [0.4, 0.5) is 0 Å². The van der Waals surface area contributed by atoms with Crippen molar-refractivity contribution in [3.05, 3.63) is 17.8 Å². The van der Waals surface area contributed by atoms with Crippen LogP contribution in [0.5, 0.6) is 0 Å². The van der Waals surface area contributed by atoms with Gasteiger partial charge in [0.15, 0.2) is 12.1 Å². The van der Waals surface area contributed by atoms with Gasteiger partial charge in [-0.05, 0) is 13.8 Å². The van der Waals surface area contributed by atoms with Crippen molar-refractivity contribution in [3.8, 4) is 0 Å². The van der Waals surface area contributed by atoms with E-state index in [-0.39, 0.29) is 18.7 Å². The minimum atomic E-state index is -1.02. The number of rotatable bonds is 6. The number of carbonyl (C=O) groups is 2. The van der Waals surface area contributed by atoms with Crippen LogP contribution in [0, 0.1) is 6.92 Å². The molecular formula is C11H16N2O5. The first-order valence-electron chi connectivity index (χ1n) is 5.31. The van der Waals surface area contributed by atoms with Crippen LogP contribution in [0.15, 0.2) is 10.8 Å². The molecule has 0 aromatic carbocycles. The van der Waals surface area contributed by atoms with Gasteiger partial charge in [0.25, 0.3) is 5.91 Å². The first-order chi connectivity index (χ1) is 8.38. The van der Waals surface area contributed by atoms with Crippen molar-refractivity contribution in [1.29, 1.82) is 0 Å². The summed E-state index contributed by atoms with van der Waals surface area (Å²) in [7, 11) is 1.44. The Kier molecular flexibility index (Phi) is 4.43. The lowest BCUT2D eigenvalue weighted by Crippen LogP contribution is -2.51. The molecule has 7 nitrogen and oxygen atoms in total. The Balaban J connectivity index is 2.81. The van der Waals surface area contributed by atoms with Crippen molar-refractivity contribution < 1.29 is 23.8 Å². The van der Waals surface area contributed by atoms with Crippen LogP contribution in [0.2, 0.25) is 0 Å². The van der Waals surface area contributed by atoms with Crippen molar-refractivity contribution in [3.63, 3.8) is 0 Å². The molecule has 0 bridgehead atoms. The number of hydrogen-bond acceptors (Lipinski definition) is 5. The molecule has 0 fully saturated rings. The summed E-state index contributed by atoms with van der Waals surface area (Å²) in [6, 6.07) is 0. The topological polar surface area (TPSA) is 102 Å².